The van der Waals surface area contributed by atoms with Crippen LogP contribution in [0.2, 0.25) is 0 Å². The molecule has 0 atom stereocenters. The fourth-order valence-corrected chi connectivity index (χ4v) is 3.03. The first-order valence-electron chi connectivity index (χ1n) is 6.29. The molecule has 5 heteroatoms. The molecule has 0 amide bonds. The maximum atomic E-state index is 12.2. The molecule has 0 spiro atoms. The van der Waals surface area contributed by atoms with Crippen LogP contribution >= 0.6 is 0 Å². The van der Waals surface area contributed by atoms with Crippen LogP contribution in [-0.2, 0) is 9.84 Å². The molecule has 0 aliphatic rings. The van der Waals surface area contributed by atoms with Gasteiger partial charge >= 0.3 is 0 Å². The minimum atomic E-state index is -3.64. The van der Waals surface area contributed by atoms with Gasteiger partial charge in [-0.3, -0.25) is 4.79 Å². The number of rotatable bonds is 5. The molecule has 0 aliphatic heterocycles. The molecule has 0 N–H and O–H groups in total. The molecular weight excluding hydrogens is 276 g/mol. The standard InChI is InChI=1S/C15H16O4S/c1-11(2)12-5-7-13(8-6-12)20(17,18)10-14(16)15-4-3-9-19-15/h3-9,11H,10H2,1-2H3. The van der Waals surface area contributed by atoms with Crippen LogP contribution in [0.3, 0.4) is 0 Å². The number of carbonyl (C=O) groups is 1. The van der Waals surface area contributed by atoms with Crippen molar-refractivity contribution in [1.82, 2.24) is 0 Å². The Kier molecular flexibility index (Phi) is 4.09. The SMILES string of the molecule is CC(C)c1ccc(S(=O)(=O)CC(=O)c2ccco2)cc1. The number of ketones is 1. The fourth-order valence-electron chi connectivity index (χ4n) is 1.82. The van der Waals surface area contributed by atoms with Crippen LogP contribution in [0.25, 0.3) is 0 Å². The number of benzene rings is 1. The smallest absolute Gasteiger partial charge is 0.213 e. The molecule has 4 nitrogen and oxygen atoms in total. The number of hydrogen-bond acceptors (Lipinski definition) is 4. The lowest BCUT2D eigenvalue weighted by Gasteiger charge is -2.07. The first-order valence-corrected chi connectivity index (χ1v) is 7.95. The summed E-state index contributed by atoms with van der Waals surface area (Å²) < 4.78 is 29.2. The highest BCUT2D eigenvalue weighted by Crippen LogP contribution is 2.19. The Labute approximate surface area is 118 Å². The molecule has 2 aromatic rings. The van der Waals surface area contributed by atoms with Crippen LogP contribution in [0.1, 0.15) is 35.9 Å². The molecule has 0 unspecified atom stereocenters. The van der Waals surface area contributed by atoms with Gasteiger partial charge < -0.3 is 4.42 Å². The number of hydrogen-bond donors (Lipinski definition) is 0. The average molecular weight is 292 g/mol. The second-order valence-electron chi connectivity index (χ2n) is 4.88. The number of furan rings is 1. The van der Waals surface area contributed by atoms with Crippen molar-refractivity contribution in [2.75, 3.05) is 5.75 Å². The molecule has 2 rings (SSSR count). The Balaban J connectivity index is 2.20. The first kappa shape index (κ1) is 14.5. The maximum Gasteiger partial charge on any atom is 0.213 e. The number of carbonyl (C=O) groups excluding carboxylic acids is 1. The molecule has 0 fully saturated rings. The van der Waals surface area contributed by atoms with Gasteiger partial charge in [-0.15, -0.1) is 0 Å². The molecular formula is C15H16O4S. The normalized spacial score (nSPS) is 11.8. The van der Waals surface area contributed by atoms with E-state index in [1.807, 2.05) is 13.8 Å². The number of sulfone groups is 1. The zero-order valence-corrected chi connectivity index (χ0v) is 12.2. The van der Waals surface area contributed by atoms with E-state index in [-0.39, 0.29) is 10.7 Å². The predicted molar refractivity (Wildman–Crippen MR) is 75.6 cm³/mol. The summed E-state index contributed by atoms with van der Waals surface area (Å²) in [5.74, 6) is -0.728. The lowest BCUT2D eigenvalue weighted by molar-refractivity contribution is 0.0990. The van der Waals surface area contributed by atoms with Gasteiger partial charge in [0.1, 0.15) is 5.75 Å². The van der Waals surface area contributed by atoms with E-state index in [1.54, 1.807) is 30.3 Å². The molecule has 20 heavy (non-hydrogen) atoms. The highest BCUT2D eigenvalue weighted by atomic mass is 32.2. The van der Waals surface area contributed by atoms with Gasteiger partial charge in [-0.1, -0.05) is 26.0 Å². The monoisotopic (exact) mass is 292 g/mol. The lowest BCUT2D eigenvalue weighted by Crippen LogP contribution is -2.16. The van der Waals surface area contributed by atoms with E-state index in [2.05, 4.69) is 0 Å². The first-order chi connectivity index (χ1) is 9.40. The van der Waals surface area contributed by atoms with Crippen molar-refractivity contribution < 1.29 is 17.6 Å². The zero-order valence-electron chi connectivity index (χ0n) is 11.4. The van der Waals surface area contributed by atoms with Crippen molar-refractivity contribution in [2.24, 2.45) is 0 Å². The fraction of sp³-hybridized carbons (Fsp3) is 0.267. The Morgan fingerprint density at radius 1 is 1.15 bits per heavy atom. The van der Waals surface area contributed by atoms with Gasteiger partial charge in [0.25, 0.3) is 0 Å². The van der Waals surface area contributed by atoms with Crippen LogP contribution in [0.15, 0.2) is 52.0 Å². The quantitative estimate of drug-likeness (QED) is 0.794. The van der Waals surface area contributed by atoms with Gasteiger partial charge in [0.2, 0.25) is 5.78 Å². The summed E-state index contributed by atoms with van der Waals surface area (Å²) in [6.07, 6.45) is 1.34. The second kappa shape index (κ2) is 5.63. The van der Waals surface area contributed by atoms with Crippen molar-refractivity contribution >= 4 is 15.6 Å². The Hall–Kier alpha value is -1.88. The van der Waals surface area contributed by atoms with Crippen molar-refractivity contribution in [2.45, 2.75) is 24.7 Å². The summed E-state index contributed by atoms with van der Waals surface area (Å²) in [5.41, 5.74) is 1.06. The third kappa shape index (κ3) is 3.17. The third-order valence-electron chi connectivity index (χ3n) is 3.02. The topological polar surface area (TPSA) is 64.3 Å². The summed E-state index contributed by atoms with van der Waals surface area (Å²) in [4.78, 5) is 12.0. The highest BCUT2D eigenvalue weighted by molar-refractivity contribution is 7.92. The lowest BCUT2D eigenvalue weighted by atomic mass is 10.0. The molecule has 0 bridgehead atoms. The number of Topliss-reactive ketones (excluding diaryl/α,β-unsaturated/α-hetero) is 1. The van der Waals surface area contributed by atoms with Gasteiger partial charge in [-0.2, -0.15) is 0 Å². The van der Waals surface area contributed by atoms with Crippen molar-refractivity contribution in [3.05, 3.63) is 54.0 Å². The van der Waals surface area contributed by atoms with E-state index in [1.165, 1.54) is 12.3 Å². The summed E-state index contributed by atoms with van der Waals surface area (Å²) in [6.45, 7) is 4.06. The van der Waals surface area contributed by atoms with Crippen LogP contribution in [0, 0.1) is 0 Å². The van der Waals surface area contributed by atoms with Gasteiger partial charge in [0.05, 0.1) is 11.2 Å². The van der Waals surface area contributed by atoms with Crippen molar-refractivity contribution in [3.8, 4) is 0 Å². The van der Waals surface area contributed by atoms with E-state index in [4.69, 9.17) is 4.42 Å². The van der Waals surface area contributed by atoms with Gasteiger partial charge in [0.15, 0.2) is 15.6 Å². The van der Waals surface area contributed by atoms with E-state index < -0.39 is 21.4 Å². The van der Waals surface area contributed by atoms with Gasteiger partial charge in [-0.25, -0.2) is 8.42 Å². The maximum absolute atomic E-state index is 12.2. The molecule has 1 aromatic carbocycles. The molecule has 1 aromatic heterocycles. The highest BCUT2D eigenvalue weighted by Gasteiger charge is 2.22. The largest absolute Gasteiger partial charge is 0.461 e. The van der Waals surface area contributed by atoms with Crippen LogP contribution in [-0.4, -0.2) is 20.0 Å². The third-order valence-corrected chi connectivity index (χ3v) is 4.66. The molecule has 0 saturated carbocycles. The summed E-state index contributed by atoms with van der Waals surface area (Å²) in [5, 5.41) is 0. The van der Waals surface area contributed by atoms with E-state index in [0.717, 1.165) is 5.56 Å². The van der Waals surface area contributed by atoms with Crippen LogP contribution in [0.4, 0.5) is 0 Å². The van der Waals surface area contributed by atoms with Gasteiger partial charge in [0, 0.05) is 0 Å². The van der Waals surface area contributed by atoms with E-state index >= 15 is 0 Å². The predicted octanol–water partition coefficient (Wildman–Crippen LogP) is 3.06. The Bertz CT molecular complexity index is 680. The van der Waals surface area contributed by atoms with E-state index in [9.17, 15) is 13.2 Å². The second-order valence-corrected chi connectivity index (χ2v) is 6.87. The minimum absolute atomic E-state index is 0.0624. The van der Waals surface area contributed by atoms with Crippen molar-refractivity contribution in [3.63, 3.8) is 0 Å². The average Bonchev–Trinajstić information content (AvgIpc) is 2.92. The summed E-state index contributed by atoms with van der Waals surface area (Å²) in [7, 11) is -3.64. The van der Waals surface area contributed by atoms with Gasteiger partial charge in [-0.05, 0) is 35.7 Å². The Morgan fingerprint density at radius 2 is 1.80 bits per heavy atom. The minimum Gasteiger partial charge on any atom is -0.461 e. The van der Waals surface area contributed by atoms with Crippen LogP contribution < -0.4 is 0 Å². The van der Waals surface area contributed by atoms with Crippen molar-refractivity contribution in [1.29, 1.82) is 0 Å². The Morgan fingerprint density at radius 3 is 2.30 bits per heavy atom. The molecule has 1 heterocycles. The summed E-state index contributed by atoms with van der Waals surface area (Å²) in [6, 6.07) is 9.64. The molecule has 0 aliphatic carbocycles. The van der Waals surface area contributed by atoms with Crippen LogP contribution in [0.5, 0.6) is 0 Å². The molecule has 106 valence electrons. The molecule has 0 saturated heterocycles. The zero-order chi connectivity index (χ0) is 14.8. The summed E-state index contributed by atoms with van der Waals surface area (Å²) >= 11 is 0. The molecule has 0 radical (unpaired) electrons. The van der Waals surface area contributed by atoms with E-state index in [0.29, 0.717) is 5.92 Å².